The number of fused-ring (bicyclic) bond motifs is 1. The third-order valence-electron chi connectivity index (χ3n) is 7.32. The van der Waals surface area contributed by atoms with E-state index >= 15 is 0 Å². The Hall–Kier alpha value is -3.17. The molecule has 9 nitrogen and oxygen atoms in total. The monoisotopic (exact) mass is 524 g/mol. The minimum absolute atomic E-state index is 0.00432. The van der Waals surface area contributed by atoms with Crippen molar-refractivity contribution in [2.24, 2.45) is 5.41 Å². The summed E-state index contributed by atoms with van der Waals surface area (Å²) in [5.74, 6) is -0.681. The van der Waals surface area contributed by atoms with Crippen LogP contribution in [0.2, 0.25) is 0 Å². The molecule has 194 valence electrons. The smallest absolute Gasteiger partial charge is 0.261 e. The van der Waals surface area contributed by atoms with Gasteiger partial charge < -0.3 is 19.9 Å². The Labute approximate surface area is 218 Å². The van der Waals surface area contributed by atoms with Gasteiger partial charge in [-0.15, -0.1) is 0 Å². The Morgan fingerprint density at radius 3 is 2.86 bits per heavy atom. The second-order valence-corrected chi connectivity index (χ2v) is 10.7. The molecular formula is C26H29FN6O3S. The van der Waals surface area contributed by atoms with Crippen molar-refractivity contribution in [2.45, 2.75) is 31.7 Å². The molecule has 1 saturated heterocycles. The van der Waals surface area contributed by atoms with Gasteiger partial charge in [0, 0.05) is 24.7 Å². The molecule has 0 radical (unpaired) electrons. The third-order valence-corrected chi connectivity index (χ3v) is 8.12. The van der Waals surface area contributed by atoms with Crippen LogP contribution in [0.4, 0.5) is 10.1 Å². The predicted octanol–water partition coefficient (Wildman–Crippen LogP) is 3.80. The van der Waals surface area contributed by atoms with Gasteiger partial charge >= 0.3 is 0 Å². The summed E-state index contributed by atoms with van der Waals surface area (Å²) in [6, 6.07) is 9.63. The molecule has 1 saturated carbocycles. The molecule has 0 atom stereocenters. The van der Waals surface area contributed by atoms with Crippen molar-refractivity contribution < 1.29 is 14.2 Å². The number of benzene rings is 2. The highest BCUT2D eigenvalue weighted by Gasteiger charge is 2.45. The molecule has 1 aromatic heterocycles. The van der Waals surface area contributed by atoms with E-state index in [4.69, 9.17) is 9.84 Å². The molecule has 37 heavy (non-hydrogen) atoms. The Kier molecular flexibility index (Phi) is 7.35. The molecule has 0 unspecified atom stereocenters. The Bertz CT molecular complexity index is 1390. The van der Waals surface area contributed by atoms with Crippen LogP contribution in [-0.4, -0.2) is 52.3 Å². The number of halogens is 1. The number of aliphatic hydroxyl groups is 1. The first-order valence-corrected chi connectivity index (χ1v) is 13.1. The highest BCUT2D eigenvalue weighted by atomic mass is 32.2. The molecule has 1 aliphatic heterocycles. The van der Waals surface area contributed by atoms with Gasteiger partial charge in [-0.05, 0) is 81.6 Å². The zero-order valence-corrected chi connectivity index (χ0v) is 21.4. The van der Waals surface area contributed by atoms with Gasteiger partial charge in [-0.1, -0.05) is 0 Å². The van der Waals surface area contributed by atoms with E-state index in [1.807, 2.05) is 6.07 Å². The zero-order valence-electron chi connectivity index (χ0n) is 20.5. The molecule has 0 bridgehead atoms. The Balaban J connectivity index is 1.40. The normalized spacial score (nSPS) is 17.1. The van der Waals surface area contributed by atoms with Crippen molar-refractivity contribution in [1.29, 1.82) is 5.26 Å². The van der Waals surface area contributed by atoms with Gasteiger partial charge in [0.2, 0.25) is 0 Å². The van der Waals surface area contributed by atoms with Crippen molar-refractivity contribution >= 4 is 28.7 Å². The first kappa shape index (κ1) is 25.5. The van der Waals surface area contributed by atoms with Crippen molar-refractivity contribution in [3.05, 3.63) is 58.4 Å². The summed E-state index contributed by atoms with van der Waals surface area (Å²) in [6.45, 7) is 2.43. The number of hydrogen-bond acceptors (Lipinski definition) is 9. The van der Waals surface area contributed by atoms with Crippen LogP contribution >= 0.6 is 12.1 Å². The third kappa shape index (κ3) is 5.15. The lowest BCUT2D eigenvalue weighted by Gasteiger charge is -2.50. The van der Waals surface area contributed by atoms with E-state index in [2.05, 4.69) is 15.0 Å². The number of nitriles is 1. The van der Waals surface area contributed by atoms with E-state index < -0.39 is 5.82 Å². The van der Waals surface area contributed by atoms with E-state index in [0.717, 1.165) is 38.8 Å². The van der Waals surface area contributed by atoms with Gasteiger partial charge in [0.1, 0.15) is 17.4 Å². The van der Waals surface area contributed by atoms with E-state index in [1.54, 1.807) is 40.4 Å². The van der Waals surface area contributed by atoms with Crippen molar-refractivity contribution in [1.82, 2.24) is 19.2 Å². The maximum atomic E-state index is 14.8. The second-order valence-electron chi connectivity index (χ2n) is 9.73. The fourth-order valence-electron chi connectivity index (χ4n) is 5.22. The lowest BCUT2D eigenvalue weighted by Crippen LogP contribution is -2.47. The summed E-state index contributed by atoms with van der Waals surface area (Å²) >= 11 is 1.17. The number of anilines is 1. The number of aliphatic hydroxyl groups excluding tert-OH is 1. The molecule has 2 heterocycles. The van der Waals surface area contributed by atoms with Crippen LogP contribution in [0.1, 0.15) is 37.3 Å². The van der Waals surface area contributed by atoms with Crippen molar-refractivity contribution in [3.8, 4) is 17.6 Å². The summed E-state index contributed by atoms with van der Waals surface area (Å²) < 4.78 is 27.1. The van der Waals surface area contributed by atoms with E-state index in [-0.39, 0.29) is 35.3 Å². The summed E-state index contributed by atoms with van der Waals surface area (Å²) in [5.41, 5.74) is 1.07. The van der Waals surface area contributed by atoms with Gasteiger partial charge in [-0.3, -0.25) is 9.36 Å². The standard InChI is InChI=1S/C26H29FN6O3S/c1-32(10-11-34)37-31-23-5-3-21(27)24(20(23)15-28)36-18-2-4-22-19(12-18)25(35)33(16-30-22)17-13-26(14-17)6-8-29-9-7-26/h2-5,12,16-17,29,31,34H,6-11,13-14H2,1H3. The zero-order chi connectivity index (χ0) is 26.0. The number of nitrogens with zero attached hydrogens (tertiary/aromatic N) is 4. The van der Waals surface area contributed by atoms with Gasteiger partial charge in [-0.2, -0.15) is 5.26 Å². The number of aromatic nitrogens is 2. The summed E-state index contributed by atoms with van der Waals surface area (Å²) in [5, 5.41) is 22.6. The first-order chi connectivity index (χ1) is 17.9. The van der Waals surface area contributed by atoms with Gasteiger partial charge in [0.05, 0.1) is 29.5 Å². The number of ether oxygens (including phenoxy) is 1. The molecule has 11 heteroatoms. The van der Waals surface area contributed by atoms with Gasteiger partial charge in [-0.25, -0.2) is 13.7 Å². The Morgan fingerprint density at radius 2 is 2.14 bits per heavy atom. The molecule has 2 aliphatic rings. The van der Waals surface area contributed by atoms with E-state index in [9.17, 15) is 14.4 Å². The first-order valence-electron chi connectivity index (χ1n) is 12.3. The summed E-state index contributed by atoms with van der Waals surface area (Å²) in [7, 11) is 1.77. The molecule has 3 aromatic rings. The molecule has 1 spiro atoms. The number of piperidine rings is 1. The maximum Gasteiger partial charge on any atom is 0.261 e. The summed E-state index contributed by atoms with van der Waals surface area (Å²) in [4.78, 5) is 17.9. The SMILES string of the molecule is CN(CCO)SNc1ccc(F)c(Oc2ccc3ncn(C4CC5(CCNCC5)C4)c(=O)c3c2)c1C#N. The molecule has 2 fully saturated rings. The minimum atomic E-state index is -0.693. The van der Waals surface area contributed by atoms with Crippen LogP contribution in [0.3, 0.4) is 0 Å². The van der Waals surface area contributed by atoms with Crippen molar-refractivity contribution in [3.63, 3.8) is 0 Å². The van der Waals surface area contributed by atoms with Crippen molar-refractivity contribution in [2.75, 3.05) is 38.0 Å². The van der Waals surface area contributed by atoms with Crippen LogP contribution in [0.25, 0.3) is 10.9 Å². The average molecular weight is 525 g/mol. The second kappa shape index (κ2) is 10.7. The van der Waals surface area contributed by atoms with Crippen LogP contribution < -0.4 is 20.3 Å². The minimum Gasteiger partial charge on any atom is -0.453 e. The molecule has 0 amide bonds. The maximum absolute atomic E-state index is 14.8. The highest BCUT2D eigenvalue weighted by Crippen LogP contribution is 2.53. The number of nitrogens with one attached hydrogen (secondary N) is 2. The topological polar surface area (TPSA) is 115 Å². The van der Waals surface area contributed by atoms with Crippen LogP contribution in [0.5, 0.6) is 11.5 Å². The summed E-state index contributed by atoms with van der Waals surface area (Å²) in [6.07, 6.45) is 5.83. The van der Waals surface area contributed by atoms with E-state index in [0.29, 0.717) is 28.6 Å². The largest absolute Gasteiger partial charge is 0.453 e. The number of rotatable bonds is 8. The van der Waals surface area contributed by atoms with Gasteiger partial charge in [0.25, 0.3) is 5.56 Å². The fraction of sp³-hybridized carbons (Fsp3) is 0.423. The molecule has 2 aromatic carbocycles. The predicted molar refractivity (Wildman–Crippen MR) is 141 cm³/mol. The number of likely N-dealkylation sites (N-methyl/N-ethyl adjacent to an activating group) is 1. The highest BCUT2D eigenvalue weighted by molar-refractivity contribution is 7.98. The average Bonchev–Trinajstić information content (AvgIpc) is 2.89. The Morgan fingerprint density at radius 1 is 1.35 bits per heavy atom. The fourth-order valence-corrected chi connectivity index (χ4v) is 5.82. The molecular weight excluding hydrogens is 495 g/mol. The van der Waals surface area contributed by atoms with Crippen LogP contribution in [0.15, 0.2) is 41.5 Å². The van der Waals surface area contributed by atoms with Crippen LogP contribution in [-0.2, 0) is 0 Å². The quantitative estimate of drug-likeness (QED) is 0.379. The van der Waals surface area contributed by atoms with Gasteiger partial charge in [0.15, 0.2) is 11.6 Å². The number of hydrogen-bond donors (Lipinski definition) is 3. The molecule has 5 rings (SSSR count). The molecule has 3 N–H and O–H groups in total. The lowest BCUT2D eigenvalue weighted by atomic mass is 9.60. The van der Waals surface area contributed by atoms with Crippen LogP contribution in [0, 0.1) is 22.6 Å². The van der Waals surface area contributed by atoms with E-state index in [1.165, 1.54) is 24.3 Å². The molecule has 1 aliphatic carbocycles. The lowest BCUT2D eigenvalue weighted by molar-refractivity contribution is 0.0270.